The Bertz CT molecular complexity index is 619. The molecule has 1 aromatic heterocycles. The number of aromatic amines is 1. The van der Waals surface area contributed by atoms with E-state index in [0.717, 1.165) is 6.42 Å². The summed E-state index contributed by atoms with van der Waals surface area (Å²) in [5, 5.41) is 0.587. The largest absolute Gasteiger partial charge is 0.372 e. The highest BCUT2D eigenvalue weighted by atomic mass is 16.5. The minimum Gasteiger partial charge on any atom is -0.372 e. The van der Waals surface area contributed by atoms with Gasteiger partial charge in [-0.05, 0) is 25.5 Å². The number of nitrogens with two attached hydrogens (primary N) is 1. The zero-order chi connectivity index (χ0) is 13.9. The van der Waals surface area contributed by atoms with Crippen LogP contribution in [-0.2, 0) is 11.3 Å². The lowest BCUT2D eigenvalue weighted by Gasteiger charge is -2.22. The van der Waals surface area contributed by atoms with Crippen molar-refractivity contribution in [3.8, 4) is 0 Å². The van der Waals surface area contributed by atoms with Gasteiger partial charge in [0.15, 0.2) is 0 Å². The van der Waals surface area contributed by atoms with E-state index in [1.165, 1.54) is 0 Å². The van der Waals surface area contributed by atoms with Crippen LogP contribution in [0.2, 0.25) is 0 Å². The van der Waals surface area contributed by atoms with Gasteiger partial charge in [-0.2, -0.15) is 0 Å². The molecule has 102 valence electrons. The van der Waals surface area contributed by atoms with Gasteiger partial charge in [0.2, 0.25) is 0 Å². The van der Waals surface area contributed by atoms with Crippen LogP contribution in [0.15, 0.2) is 29.1 Å². The fraction of sp³-hybridized carbons (Fsp3) is 0.429. The molecule has 3 N–H and O–H groups in total. The van der Waals surface area contributed by atoms with E-state index in [1.54, 1.807) is 6.07 Å². The van der Waals surface area contributed by atoms with E-state index < -0.39 is 0 Å². The average Bonchev–Trinajstić information content (AvgIpc) is 2.39. The van der Waals surface area contributed by atoms with Crippen molar-refractivity contribution in [3.63, 3.8) is 0 Å². The molecule has 0 radical (unpaired) electrons. The molecular formula is C14H19N3O2. The number of nitrogens with one attached hydrogen (secondary N) is 1. The van der Waals surface area contributed by atoms with Crippen LogP contribution in [0.4, 0.5) is 0 Å². The monoisotopic (exact) mass is 261 g/mol. The second kappa shape index (κ2) is 5.50. The first-order valence-electron chi connectivity index (χ1n) is 6.36. The second-order valence-electron chi connectivity index (χ2n) is 5.03. The smallest absolute Gasteiger partial charge is 0.258 e. The Morgan fingerprint density at radius 1 is 1.42 bits per heavy atom. The van der Waals surface area contributed by atoms with E-state index in [4.69, 9.17) is 10.5 Å². The minimum atomic E-state index is -0.350. The molecule has 0 amide bonds. The zero-order valence-electron chi connectivity index (χ0n) is 11.3. The molecule has 0 aliphatic carbocycles. The number of nitrogens with zero attached hydrogens (tertiary/aromatic N) is 1. The second-order valence-corrected chi connectivity index (χ2v) is 5.03. The molecule has 0 aliphatic rings. The van der Waals surface area contributed by atoms with E-state index in [2.05, 4.69) is 9.97 Å². The van der Waals surface area contributed by atoms with E-state index >= 15 is 0 Å². The third-order valence-electron chi connectivity index (χ3n) is 3.14. The van der Waals surface area contributed by atoms with Crippen LogP contribution in [0, 0.1) is 0 Å². The molecule has 0 fully saturated rings. The number of ether oxygens (including phenoxy) is 1. The maximum atomic E-state index is 11.8. The molecule has 1 aromatic carbocycles. The molecule has 0 bridgehead atoms. The van der Waals surface area contributed by atoms with Crippen molar-refractivity contribution in [2.45, 2.75) is 32.4 Å². The molecule has 5 heteroatoms. The maximum absolute atomic E-state index is 11.8. The van der Waals surface area contributed by atoms with E-state index in [1.807, 2.05) is 32.0 Å². The molecule has 19 heavy (non-hydrogen) atoms. The summed E-state index contributed by atoms with van der Waals surface area (Å²) in [4.78, 5) is 18.9. The van der Waals surface area contributed by atoms with Crippen LogP contribution in [0.25, 0.3) is 10.9 Å². The minimum absolute atomic E-state index is 0.143. The first kappa shape index (κ1) is 13.7. The fourth-order valence-corrected chi connectivity index (χ4v) is 1.69. The van der Waals surface area contributed by atoms with Crippen molar-refractivity contribution < 1.29 is 4.74 Å². The summed E-state index contributed by atoms with van der Waals surface area (Å²) in [6.45, 7) is 4.63. The lowest BCUT2D eigenvalue weighted by molar-refractivity contribution is 0.0736. The van der Waals surface area contributed by atoms with Gasteiger partial charge in [0.25, 0.3) is 5.56 Å². The summed E-state index contributed by atoms with van der Waals surface area (Å²) in [6.07, 6.45) is 0.828. The average molecular weight is 261 g/mol. The Labute approximate surface area is 111 Å². The molecular weight excluding hydrogens is 242 g/mol. The first-order chi connectivity index (χ1) is 9.02. The van der Waals surface area contributed by atoms with Gasteiger partial charge in [0, 0.05) is 5.54 Å². The van der Waals surface area contributed by atoms with Gasteiger partial charge >= 0.3 is 0 Å². The highest BCUT2D eigenvalue weighted by molar-refractivity contribution is 5.77. The molecule has 0 saturated carbocycles. The SMILES string of the molecule is CCC(C)(N)COCc1nc2ccccc2c(=O)[nH]1. The van der Waals surface area contributed by atoms with Crippen LogP contribution in [0.3, 0.4) is 0 Å². The molecule has 1 atom stereocenters. The van der Waals surface area contributed by atoms with Crippen molar-refractivity contribution in [2.75, 3.05) is 6.61 Å². The summed E-state index contributed by atoms with van der Waals surface area (Å²) in [6, 6.07) is 7.23. The fourth-order valence-electron chi connectivity index (χ4n) is 1.69. The third-order valence-corrected chi connectivity index (χ3v) is 3.14. The lowest BCUT2D eigenvalue weighted by atomic mass is 10.0. The van der Waals surface area contributed by atoms with Gasteiger partial charge in [-0.3, -0.25) is 4.79 Å². The quantitative estimate of drug-likeness (QED) is 0.856. The summed E-state index contributed by atoms with van der Waals surface area (Å²) < 4.78 is 5.52. The van der Waals surface area contributed by atoms with Crippen molar-refractivity contribution in [1.82, 2.24) is 9.97 Å². The topological polar surface area (TPSA) is 81.0 Å². The number of aromatic nitrogens is 2. The number of rotatable bonds is 5. The lowest BCUT2D eigenvalue weighted by Crippen LogP contribution is -2.40. The van der Waals surface area contributed by atoms with E-state index in [9.17, 15) is 4.79 Å². The van der Waals surface area contributed by atoms with Crippen LogP contribution >= 0.6 is 0 Å². The number of H-pyrrole nitrogens is 1. The van der Waals surface area contributed by atoms with Gasteiger partial charge in [-0.15, -0.1) is 0 Å². The van der Waals surface area contributed by atoms with Gasteiger partial charge in [0.05, 0.1) is 17.5 Å². The maximum Gasteiger partial charge on any atom is 0.258 e. The normalized spacial score (nSPS) is 14.5. The molecule has 1 heterocycles. The van der Waals surface area contributed by atoms with Crippen molar-refractivity contribution in [3.05, 3.63) is 40.4 Å². The highest BCUT2D eigenvalue weighted by Crippen LogP contribution is 2.08. The van der Waals surface area contributed by atoms with Crippen molar-refractivity contribution in [2.24, 2.45) is 5.73 Å². The van der Waals surface area contributed by atoms with E-state index in [-0.39, 0.29) is 17.7 Å². The Hall–Kier alpha value is -1.72. The Morgan fingerprint density at radius 3 is 2.89 bits per heavy atom. The molecule has 5 nitrogen and oxygen atoms in total. The molecule has 0 spiro atoms. The number of hydrogen-bond donors (Lipinski definition) is 2. The first-order valence-corrected chi connectivity index (χ1v) is 6.36. The molecule has 0 saturated heterocycles. The van der Waals surface area contributed by atoms with Crippen LogP contribution in [-0.4, -0.2) is 22.1 Å². The van der Waals surface area contributed by atoms with Crippen LogP contribution in [0.1, 0.15) is 26.1 Å². The number of hydrogen-bond acceptors (Lipinski definition) is 4. The number of para-hydroxylation sites is 1. The number of fused-ring (bicyclic) bond motifs is 1. The van der Waals surface area contributed by atoms with E-state index in [0.29, 0.717) is 23.3 Å². The summed E-state index contributed by atoms with van der Waals surface area (Å²) in [7, 11) is 0. The van der Waals surface area contributed by atoms with Crippen LogP contribution in [0.5, 0.6) is 0 Å². The Morgan fingerprint density at radius 2 is 2.16 bits per heavy atom. The predicted octanol–water partition coefficient (Wildman–Crippen LogP) is 1.57. The van der Waals surface area contributed by atoms with Crippen molar-refractivity contribution >= 4 is 10.9 Å². The van der Waals surface area contributed by atoms with Crippen molar-refractivity contribution in [1.29, 1.82) is 0 Å². The van der Waals surface area contributed by atoms with Gasteiger partial charge < -0.3 is 15.5 Å². The van der Waals surface area contributed by atoms with Gasteiger partial charge in [-0.25, -0.2) is 4.98 Å². The van der Waals surface area contributed by atoms with Gasteiger partial charge in [0.1, 0.15) is 12.4 Å². The molecule has 0 aliphatic heterocycles. The highest BCUT2D eigenvalue weighted by Gasteiger charge is 2.15. The summed E-state index contributed by atoms with van der Waals surface area (Å²) in [5.74, 6) is 0.524. The Balaban J connectivity index is 2.12. The van der Waals surface area contributed by atoms with Crippen LogP contribution < -0.4 is 11.3 Å². The predicted molar refractivity (Wildman–Crippen MR) is 74.9 cm³/mol. The Kier molecular flexibility index (Phi) is 3.97. The zero-order valence-corrected chi connectivity index (χ0v) is 11.3. The molecule has 2 aromatic rings. The summed E-state index contributed by atoms with van der Waals surface area (Å²) in [5.41, 5.74) is 6.17. The molecule has 1 unspecified atom stereocenters. The standard InChI is InChI=1S/C14H19N3O2/c1-3-14(2,15)9-19-8-12-16-11-7-5-4-6-10(11)13(18)17-12/h4-7H,3,8-9,15H2,1-2H3,(H,16,17,18). The number of benzene rings is 1. The third kappa shape index (κ3) is 3.39. The molecule has 2 rings (SSSR count). The summed E-state index contributed by atoms with van der Waals surface area (Å²) >= 11 is 0. The van der Waals surface area contributed by atoms with Gasteiger partial charge in [-0.1, -0.05) is 19.1 Å².